The van der Waals surface area contributed by atoms with Crippen molar-refractivity contribution in [2.24, 2.45) is 0 Å². The molecule has 17 heavy (non-hydrogen) atoms. The minimum atomic E-state index is 1.07. The Kier molecular flexibility index (Phi) is 4.51. The molecule has 88 valence electrons. The molecule has 0 aliphatic carbocycles. The smallest absolute Gasteiger partial charge is 0.0337 e. The Morgan fingerprint density at radius 1 is 0.824 bits per heavy atom. The summed E-state index contributed by atoms with van der Waals surface area (Å²) < 4.78 is 0. The van der Waals surface area contributed by atoms with Gasteiger partial charge in [0.25, 0.3) is 0 Å². The van der Waals surface area contributed by atoms with Crippen molar-refractivity contribution in [3.8, 4) is 0 Å². The molecule has 0 saturated carbocycles. The summed E-state index contributed by atoms with van der Waals surface area (Å²) in [7, 11) is 1.94. The Morgan fingerprint density at radius 3 is 2.00 bits per heavy atom. The highest BCUT2D eigenvalue weighted by Gasteiger charge is 1.95. The number of nitrogens with one attached hydrogen (secondary N) is 1. The average molecular weight is 243 g/mol. The molecule has 0 saturated heterocycles. The van der Waals surface area contributed by atoms with Gasteiger partial charge in [0.2, 0.25) is 0 Å². The van der Waals surface area contributed by atoms with E-state index in [9.17, 15) is 0 Å². The molecule has 2 aromatic carbocycles. The monoisotopic (exact) mass is 243 g/mol. The summed E-state index contributed by atoms with van der Waals surface area (Å²) >= 11 is 1.95. The van der Waals surface area contributed by atoms with Gasteiger partial charge >= 0.3 is 0 Å². The van der Waals surface area contributed by atoms with Gasteiger partial charge in [0, 0.05) is 24.2 Å². The fourth-order valence-corrected chi connectivity index (χ4v) is 2.59. The van der Waals surface area contributed by atoms with Gasteiger partial charge in [-0.1, -0.05) is 42.5 Å². The molecule has 0 atom stereocenters. The highest BCUT2D eigenvalue weighted by atomic mass is 32.2. The standard InChI is InChI=1S/C15H17NS/c1-16-15-9-7-14(8-10-15)12-17-11-13-5-3-2-4-6-13/h2-10,16H,11-12H2,1H3. The highest BCUT2D eigenvalue weighted by Crippen LogP contribution is 2.18. The minimum Gasteiger partial charge on any atom is -0.388 e. The summed E-state index contributed by atoms with van der Waals surface area (Å²) in [5.74, 6) is 2.15. The molecule has 0 bridgehead atoms. The molecule has 0 unspecified atom stereocenters. The molecule has 2 heteroatoms. The van der Waals surface area contributed by atoms with Crippen LogP contribution in [0.25, 0.3) is 0 Å². The van der Waals surface area contributed by atoms with E-state index in [1.807, 2.05) is 18.8 Å². The van der Waals surface area contributed by atoms with Crippen LogP contribution in [0, 0.1) is 0 Å². The third-order valence-corrected chi connectivity index (χ3v) is 3.70. The van der Waals surface area contributed by atoms with Crippen LogP contribution >= 0.6 is 11.8 Å². The second-order valence-corrected chi connectivity index (χ2v) is 4.91. The lowest BCUT2D eigenvalue weighted by atomic mass is 10.2. The van der Waals surface area contributed by atoms with E-state index in [0.717, 1.165) is 11.5 Å². The molecule has 2 rings (SSSR count). The topological polar surface area (TPSA) is 12.0 Å². The van der Waals surface area contributed by atoms with E-state index in [2.05, 4.69) is 59.9 Å². The molecule has 0 aliphatic heterocycles. The zero-order valence-electron chi connectivity index (χ0n) is 10.0. The largest absolute Gasteiger partial charge is 0.388 e. The Bertz CT molecular complexity index is 436. The zero-order valence-corrected chi connectivity index (χ0v) is 10.8. The van der Waals surface area contributed by atoms with Gasteiger partial charge in [0.1, 0.15) is 0 Å². The molecule has 0 heterocycles. The summed E-state index contributed by atoms with van der Waals surface area (Å²) in [6.07, 6.45) is 0. The predicted octanol–water partition coefficient (Wildman–Crippen LogP) is 4.16. The maximum absolute atomic E-state index is 3.13. The number of rotatable bonds is 5. The van der Waals surface area contributed by atoms with Gasteiger partial charge in [-0.15, -0.1) is 0 Å². The van der Waals surface area contributed by atoms with Crippen LogP contribution in [0.4, 0.5) is 5.69 Å². The quantitative estimate of drug-likeness (QED) is 0.846. The Hall–Kier alpha value is -1.41. The van der Waals surface area contributed by atoms with E-state index >= 15 is 0 Å². The third-order valence-electron chi connectivity index (χ3n) is 2.62. The normalized spacial score (nSPS) is 10.2. The Morgan fingerprint density at radius 2 is 1.41 bits per heavy atom. The molecule has 0 radical (unpaired) electrons. The minimum absolute atomic E-state index is 1.07. The van der Waals surface area contributed by atoms with Gasteiger partial charge < -0.3 is 5.32 Å². The summed E-state index contributed by atoms with van der Waals surface area (Å²) in [5, 5.41) is 3.13. The molecule has 0 amide bonds. The van der Waals surface area contributed by atoms with Crippen LogP contribution < -0.4 is 5.32 Å². The predicted molar refractivity (Wildman–Crippen MR) is 77.4 cm³/mol. The van der Waals surface area contributed by atoms with Crippen molar-refractivity contribution in [2.45, 2.75) is 11.5 Å². The molecule has 0 aromatic heterocycles. The summed E-state index contributed by atoms with van der Waals surface area (Å²) in [6.45, 7) is 0. The van der Waals surface area contributed by atoms with Gasteiger partial charge in [-0.25, -0.2) is 0 Å². The van der Waals surface area contributed by atoms with Crippen LogP contribution in [0.3, 0.4) is 0 Å². The fraction of sp³-hybridized carbons (Fsp3) is 0.200. The summed E-state index contributed by atoms with van der Waals surface area (Å²) in [5.41, 5.74) is 3.94. The van der Waals surface area contributed by atoms with Gasteiger partial charge in [-0.3, -0.25) is 0 Å². The lowest BCUT2D eigenvalue weighted by Crippen LogP contribution is -1.88. The molecule has 1 nitrogen and oxygen atoms in total. The Labute approximate surface area is 107 Å². The van der Waals surface area contributed by atoms with Crippen LogP contribution in [0.1, 0.15) is 11.1 Å². The number of hydrogen-bond donors (Lipinski definition) is 1. The van der Waals surface area contributed by atoms with Crippen molar-refractivity contribution in [1.82, 2.24) is 0 Å². The van der Waals surface area contributed by atoms with Crippen LogP contribution in [0.2, 0.25) is 0 Å². The first kappa shape index (κ1) is 12.1. The number of anilines is 1. The molecule has 2 aromatic rings. The highest BCUT2D eigenvalue weighted by molar-refractivity contribution is 7.97. The van der Waals surface area contributed by atoms with E-state index in [4.69, 9.17) is 0 Å². The first-order valence-corrected chi connectivity index (χ1v) is 6.92. The third kappa shape index (κ3) is 3.82. The van der Waals surface area contributed by atoms with E-state index in [-0.39, 0.29) is 0 Å². The van der Waals surface area contributed by atoms with E-state index < -0.39 is 0 Å². The lowest BCUT2D eigenvalue weighted by molar-refractivity contribution is 1.36. The Balaban J connectivity index is 1.82. The van der Waals surface area contributed by atoms with E-state index in [0.29, 0.717) is 0 Å². The summed E-state index contributed by atoms with van der Waals surface area (Å²) in [6, 6.07) is 19.2. The molecule has 0 fully saturated rings. The van der Waals surface area contributed by atoms with Gasteiger partial charge in [0.15, 0.2) is 0 Å². The summed E-state index contributed by atoms with van der Waals surface area (Å²) in [4.78, 5) is 0. The van der Waals surface area contributed by atoms with Crippen LogP contribution in [0.5, 0.6) is 0 Å². The lowest BCUT2D eigenvalue weighted by Gasteiger charge is -2.04. The molecule has 0 aliphatic rings. The van der Waals surface area contributed by atoms with Gasteiger partial charge in [-0.2, -0.15) is 11.8 Å². The van der Waals surface area contributed by atoms with Crippen molar-refractivity contribution in [3.63, 3.8) is 0 Å². The van der Waals surface area contributed by atoms with Crippen LogP contribution in [-0.4, -0.2) is 7.05 Å². The second-order valence-electron chi connectivity index (χ2n) is 3.93. The van der Waals surface area contributed by atoms with Gasteiger partial charge in [0.05, 0.1) is 0 Å². The van der Waals surface area contributed by atoms with Crippen molar-refractivity contribution in [3.05, 3.63) is 65.7 Å². The average Bonchev–Trinajstić information content (AvgIpc) is 2.41. The van der Waals surface area contributed by atoms with Crippen LogP contribution in [-0.2, 0) is 11.5 Å². The van der Waals surface area contributed by atoms with E-state index in [1.54, 1.807) is 0 Å². The van der Waals surface area contributed by atoms with E-state index in [1.165, 1.54) is 16.8 Å². The zero-order chi connectivity index (χ0) is 11.9. The number of thioether (sulfide) groups is 1. The van der Waals surface area contributed by atoms with Crippen molar-refractivity contribution in [1.29, 1.82) is 0 Å². The molecular weight excluding hydrogens is 226 g/mol. The first-order valence-electron chi connectivity index (χ1n) is 5.77. The van der Waals surface area contributed by atoms with Crippen molar-refractivity contribution >= 4 is 17.4 Å². The van der Waals surface area contributed by atoms with Crippen molar-refractivity contribution < 1.29 is 0 Å². The maximum atomic E-state index is 3.13. The van der Waals surface area contributed by atoms with Crippen molar-refractivity contribution in [2.75, 3.05) is 12.4 Å². The maximum Gasteiger partial charge on any atom is 0.0337 e. The number of benzene rings is 2. The fourth-order valence-electron chi connectivity index (χ4n) is 1.63. The van der Waals surface area contributed by atoms with Gasteiger partial charge in [-0.05, 0) is 23.3 Å². The second kappa shape index (κ2) is 6.36. The molecular formula is C15H17NS. The first-order chi connectivity index (χ1) is 8.38. The number of hydrogen-bond acceptors (Lipinski definition) is 2. The molecule has 0 spiro atoms. The molecule has 1 N–H and O–H groups in total. The van der Waals surface area contributed by atoms with Crippen LogP contribution in [0.15, 0.2) is 54.6 Å². The SMILES string of the molecule is CNc1ccc(CSCc2ccccc2)cc1.